The third-order valence-electron chi connectivity index (χ3n) is 4.30. The highest BCUT2D eigenvalue weighted by Crippen LogP contribution is 2.29. The Hall–Kier alpha value is -1.24. The van der Waals surface area contributed by atoms with E-state index in [1.54, 1.807) is 4.57 Å². The normalized spacial score (nSPS) is 15.2. The summed E-state index contributed by atoms with van der Waals surface area (Å²) in [6.45, 7) is 7.85. The standard InChI is InChI=1S/C17H23NO3SSi/c1-23(2,3)10-8-21-11-18-13-5-4-6-14(19)15(13)12-7-9-22-16(12)17(18)20/h7,9H,4-6,8,10-11H2,1-3H3. The van der Waals surface area contributed by atoms with E-state index in [1.165, 1.54) is 11.3 Å². The zero-order chi connectivity index (χ0) is 16.6. The van der Waals surface area contributed by atoms with E-state index >= 15 is 0 Å². The minimum absolute atomic E-state index is 0.0172. The molecule has 1 aliphatic rings. The molecule has 2 aromatic heterocycles. The number of carbonyl (C=O) groups excluding carboxylic acids is 1. The van der Waals surface area contributed by atoms with Gasteiger partial charge in [-0.25, -0.2) is 0 Å². The SMILES string of the molecule is C[Si](C)(C)CCOCn1c2c(c3ccsc3c1=O)C(=O)CCC2. The molecule has 3 rings (SSSR count). The van der Waals surface area contributed by atoms with Crippen molar-refractivity contribution in [2.75, 3.05) is 6.61 Å². The second-order valence-electron chi connectivity index (χ2n) is 7.34. The maximum absolute atomic E-state index is 12.8. The van der Waals surface area contributed by atoms with Crippen molar-refractivity contribution in [3.8, 4) is 0 Å². The maximum Gasteiger partial charge on any atom is 0.270 e. The lowest BCUT2D eigenvalue weighted by molar-refractivity contribution is 0.0816. The fourth-order valence-electron chi connectivity index (χ4n) is 2.99. The summed E-state index contributed by atoms with van der Waals surface area (Å²) in [5, 5.41) is 2.73. The summed E-state index contributed by atoms with van der Waals surface area (Å²) in [6.07, 6.45) is 2.17. The van der Waals surface area contributed by atoms with Crippen LogP contribution in [0.25, 0.3) is 10.1 Å². The molecular weight excluding hydrogens is 326 g/mol. The summed E-state index contributed by atoms with van der Waals surface area (Å²) >= 11 is 1.41. The van der Waals surface area contributed by atoms with Crippen molar-refractivity contribution in [2.24, 2.45) is 0 Å². The van der Waals surface area contributed by atoms with Gasteiger partial charge in [-0.3, -0.25) is 14.2 Å². The highest BCUT2D eigenvalue weighted by molar-refractivity contribution is 7.17. The smallest absolute Gasteiger partial charge is 0.270 e. The third kappa shape index (κ3) is 3.34. The zero-order valence-electron chi connectivity index (χ0n) is 14.0. The van der Waals surface area contributed by atoms with Gasteiger partial charge < -0.3 is 4.74 Å². The van der Waals surface area contributed by atoms with Gasteiger partial charge in [0, 0.05) is 37.7 Å². The van der Waals surface area contributed by atoms with Crippen molar-refractivity contribution in [1.82, 2.24) is 4.57 Å². The lowest BCUT2D eigenvalue weighted by atomic mass is 9.92. The molecular formula is C17H23NO3SSi. The molecule has 0 atom stereocenters. The van der Waals surface area contributed by atoms with Gasteiger partial charge >= 0.3 is 0 Å². The number of aromatic nitrogens is 1. The molecule has 2 aromatic rings. The van der Waals surface area contributed by atoms with E-state index in [9.17, 15) is 9.59 Å². The second kappa shape index (κ2) is 6.34. The summed E-state index contributed by atoms with van der Waals surface area (Å²) in [6, 6.07) is 2.98. The van der Waals surface area contributed by atoms with Crippen LogP contribution in [0.3, 0.4) is 0 Å². The molecule has 0 aliphatic heterocycles. The van der Waals surface area contributed by atoms with Crippen molar-refractivity contribution in [3.05, 3.63) is 33.1 Å². The number of ketones is 1. The number of thiophene rings is 1. The van der Waals surface area contributed by atoms with Gasteiger partial charge in [0.25, 0.3) is 5.56 Å². The second-order valence-corrected chi connectivity index (χ2v) is 13.9. The Morgan fingerprint density at radius 3 is 2.78 bits per heavy atom. The van der Waals surface area contributed by atoms with E-state index in [0.717, 1.165) is 35.5 Å². The minimum Gasteiger partial charge on any atom is -0.361 e. The molecule has 124 valence electrons. The molecule has 0 saturated carbocycles. The molecule has 2 heterocycles. The van der Waals surface area contributed by atoms with Crippen LogP contribution in [0.2, 0.25) is 25.7 Å². The number of hydrogen-bond donors (Lipinski definition) is 0. The van der Waals surface area contributed by atoms with Crippen molar-refractivity contribution in [2.45, 2.75) is 51.7 Å². The lowest BCUT2D eigenvalue weighted by Crippen LogP contribution is -2.30. The van der Waals surface area contributed by atoms with Gasteiger partial charge in [-0.2, -0.15) is 0 Å². The topological polar surface area (TPSA) is 48.3 Å². The van der Waals surface area contributed by atoms with Crippen LogP contribution < -0.4 is 5.56 Å². The monoisotopic (exact) mass is 349 g/mol. The van der Waals surface area contributed by atoms with E-state index in [1.807, 2.05) is 11.4 Å². The van der Waals surface area contributed by atoms with E-state index in [-0.39, 0.29) is 18.1 Å². The molecule has 6 heteroatoms. The number of ether oxygens (including phenoxy) is 1. The lowest BCUT2D eigenvalue weighted by Gasteiger charge is -2.22. The van der Waals surface area contributed by atoms with Crippen molar-refractivity contribution in [1.29, 1.82) is 0 Å². The summed E-state index contributed by atoms with van der Waals surface area (Å²) in [7, 11) is -1.15. The van der Waals surface area contributed by atoms with Crippen LogP contribution in [-0.4, -0.2) is 25.0 Å². The van der Waals surface area contributed by atoms with Crippen LogP contribution in [0.15, 0.2) is 16.2 Å². The van der Waals surface area contributed by atoms with Crippen molar-refractivity contribution in [3.63, 3.8) is 0 Å². The third-order valence-corrected chi connectivity index (χ3v) is 6.91. The first-order valence-electron chi connectivity index (χ1n) is 8.12. The Labute approximate surface area is 141 Å². The molecule has 0 radical (unpaired) electrons. The summed E-state index contributed by atoms with van der Waals surface area (Å²) in [5.41, 5.74) is 1.60. The van der Waals surface area contributed by atoms with Crippen LogP contribution >= 0.6 is 11.3 Å². The molecule has 0 aromatic carbocycles. The average molecular weight is 350 g/mol. The predicted molar refractivity (Wildman–Crippen MR) is 97.5 cm³/mol. The number of rotatable bonds is 5. The van der Waals surface area contributed by atoms with Gasteiger partial charge in [-0.1, -0.05) is 19.6 Å². The Balaban J connectivity index is 1.95. The highest BCUT2D eigenvalue weighted by Gasteiger charge is 2.25. The van der Waals surface area contributed by atoms with Gasteiger partial charge in [-0.05, 0) is 30.3 Å². The van der Waals surface area contributed by atoms with Gasteiger partial charge in [0.1, 0.15) is 11.4 Å². The average Bonchev–Trinajstić information content (AvgIpc) is 2.94. The maximum atomic E-state index is 12.8. The molecule has 0 fully saturated rings. The number of hydrogen-bond acceptors (Lipinski definition) is 4. The van der Waals surface area contributed by atoms with Crippen LogP contribution in [0, 0.1) is 0 Å². The molecule has 0 bridgehead atoms. The van der Waals surface area contributed by atoms with Gasteiger partial charge in [0.05, 0.1) is 0 Å². The van der Waals surface area contributed by atoms with E-state index in [4.69, 9.17) is 4.74 Å². The van der Waals surface area contributed by atoms with Crippen LogP contribution in [0.1, 0.15) is 28.9 Å². The van der Waals surface area contributed by atoms with Gasteiger partial charge in [0.15, 0.2) is 5.78 Å². The Kier molecular flexibility index (Phi) is 4.58. The number of fused-ring (bicyclic) bond motifs is 3. The Bertz CT molecular complexity index is 800. The van der Waals surface area contributed by atoms with Crippen molar-refractivity contribution >= 4 is 35.3 Å². The first kappa shape index (κ1) is 16.6. The number of nitrogens with zero attached hydrogens (tertiary/aromatic N) is 1. The predicted octanol–water partition coefficient (Wildman–Crippen LogP) is 3.89. The molecule has 1 aliphatic carbocycles. The fourth-order valence-corrected chi connectivity index (χ4v) is 4.60. The highest BCUT2D eigenvalue weighted by atomic mass is 32.1. The first-order chi connectivity index (χ1) is 10.9. The Morgan fingerprint density at radius 2 is 2.04 bits per heavy atom. The fraction of sp³-hybridized carbons (Fsp3) is 0.529. The number of Topliss-reactive ketones (excluding diaryl/α,β-unsaturated/α-hetero) is 1. The van der Waals surface area contributed by atoms with Crippen LogP contribution in [0.5, 0.6) is 0 Å². The number of pyridine rings is 1. The Morgan fingerprint density at radius 1 is 1.26 bits per heavy atom. The molecule has 0 saturated heterocycles. The minimum atomic E-state index is -1.15. The van der Waals surface area contributed by atoms with Crippen LogP contribution in [-0.2, 0) is 17.9 Å². The van der Waals surface area contributed by atoms with E-state index in [0.29, 0.717) is 17.7 Å². The summed E-state index contributed by atoms with van der Waals surface area (Å²) < 4.78 is 8.16. The molecule has 4 nitrogen and oxygen atoms in total. The molecule has 0 unspecified atom stereocenters. The zero-order valence-corrected chi connectivity index (χ0v) is 15.8. The quantitative estimate of drug-likeness (QED) is 0.608. The van der Waals surface area contributed by atoms with Gasteiger partial charge in [0.2, 0.25) is 0 Å². The summed E-state index contributed by atoms with van der Waals surface area (Å²) in [4.78, 5) is 25.1. The molecule has 0 amide bonds. The molecule has 23 heavy (non-hydrogen) atoms. The first-order valence-corrected chi connectivity index (χ1v) is 12.7. The molecule has 0 spiro atoms. The summed E-state index contributed by atoms with van der Waals surface area (Å²) in [5.74, 6) is 0.158. The van der Waals surface area contributed by atoms with E-state index < -0.39 is 8.07 Å². The number of carbonyl (C=O) groups is 1. The van der Waals surface area contributed by atoms with Gasteiger partial charge in [-0.15, -0.1) is 11.3 Å². The largest absolute Gasteiger partial charge is 0.361 e. The molecule has 0 N–H and O–H groups in total. The van der Waals surface area contributed by atoms with E-state index in [2.05, 4.69) is 19.6 Å². The van der Waals surface area contributed by atoms with Crippen LogP contribution in [0.4, 0.5) is 0 Å². The van der Waals surface area contributed by atoms with Crippen molar-refractivity contribution < 1.29 is 9.53 Å².